The highest BCUT2D eigenvalue weighted by Crippen LogP contribution is 2.27. The number of carboxylic acids is 1. The number of rotatable bonds is 3. The number of hydrogen-bond donors (Lipinski definition) is 1. The Morgan fingerprint density at radius 3 is 2.84 bits per heavy atom. The zero-order chi connectivity index (χ0) is 13.8. The summed E-state index contributed by atoms with van der Waals surface area (Å²) in [4.78, 5) is 23.6. The van der Waals surface area contributed by atoms with Gasteiger partial charge in [0.2, 0.25) is 5.91 Å². The quantitative estimate of drug-likeness (QED) is 0.667. The van der Waals surface area contributed by atoms with E-state index >= 15 is 0 Å². The number of carboxylic acid groups (broad SMARTS) is 1. The van der Waals surface area contributed by atoms with Gasteiger partial charge >= 0.3 is 5.97 Å². The molecule has 1 aliphatic heterocycles. The SMILES string of the molecule is CN1C(=O)CCc2cc(/C=C/C=C/C(=O)O)ccc21. The predicted octanol–water partition coefficient (Wildman–Crippen LogP) is 2.25. The molecule has 0 atom stereocenters. The first-order chi connectivity index (χ1) is 9.08. The predicted molar refractivity (Wildman–Crippen MR) is 74.0 cm³/mol. The number of amides is 1. The average molecular weight is 257 g/mol. The van der Waals surface area contributed by atoms with Crippen LogP contribution in [0.15, 0.2) is 36.4 Å². The first-order valence-electron chi connectivity index (χ1n) is 6.05. The van der Waals surface area contributed by atoms with Gasteiger partial charge in [-0.2, -0.15) is 0 Å². The van der Waals surface area contributed by atoms with Crippen molar-refractivity contribution in [1.29, 1.82) is 0 Å². The fourth-order valence-corrected chi connectivity index (χ4v) is 2.08. The van der Waals surface area contributed by atoms with Crippen LogP contribution in [0, 0.1) is 0 Å². The van der Waals surface area contributed by atoms with E-state index in [1.165, 1.54) is 6.08 Å². The lowest BCUT2D eigenvalue weighted by molar-refractivity contribution is -0.131. The Morgan fingerprint density at radius 1 is 1.32 bits per heavy atom. The van der Waals surface area contributed by atoms with Crippen LogP contribution in [-0.2, 0) is 16.0 Å². The van der Waals surface area contributed by atoms with E-state index < -0.39 is 5.97 Å². The Morgan fingerprint density at radius 2 is 2.11 bits per heavy atom. The zero-order valence-corrected chi connectivity index (χ0v) is 10.7. The molecule has 0 aromatic heterocycles. The van der Waals surface area contributed by atoms with Crippen molar-refractivity contribution in [2.75, 3.05) is 11.9 Å². The van der Waals surface area contributed by atoms with Crippen LogP contribution in [0.25, 0.3) is 6.08 Å². The van der Waals surface area contributed by atoms with Gasteiger partial charge in [-0.3, -0.25) is 4.79 Å². The van der Waals surface area contributed by atoms with E-state index in [1.54, 1.807) is 18.0 Å². The molecule has 0 bridgehead atoms. The third-order valence-corrected chi connectivity index (χ3v) is 3.09. The van der Waals surface area contributed by atoms with Crippen LogP contribution >= 0.6 is 0 Å². The summed E-state index contributed by atoms with van der Waals surface area (Å²) in [7, 11) is 1.78. The van der Waals surface area contributed by atoms with Gasteiger partial charge in [0, 0.05) is 25.2 Å². The van der Waals surface area contributed by atoms with Gasteiger partial charge in [0.15, 0.2) is 0 Å². The topological polar surface area (TPSA) is 57.6 Å². The number of nitrogens with zero attached hydrogens (tertiary/aromatic N) is 1. The Bertz CT molecular complexity index is 573. The molecule has 1 N–H and O–H groups in total. The third kappa shape index (κ3) is 3.10. The highest BCUT2D eigenvalue weighted by atomic mass is 16.4. The van der Waals surface area contributed by atoms with E-state index in [9.17, 15) is 9.59 Å². The van der Waals surface area contributed by atoms with Crippen molar-refractivity contribution < 1.29 is 14.7 Å². The largest absolute Gasteiger partial charge is 0.478 e. The van der Waals surface area contributed by atoms with E-state index in [0.717, 1.165) is 29.3 Å². The second-order valence-corrected chi connectivity index (χ2v) is 4.40. The summed E-state index contributed by atoms with van der Waals surface area (Å²) in [5.74, 6) is -0.824. The van der Waals surface area contributed by atoms with Gasteiger partial charge in [-0.25, -0.2) is 4.79 Å². The van der Waals surface area contributed by atoms with Crippen LogP contribution in [0.5, 0.6) is 0 Å². The maximum absolute atomic E-state index is 11.6. The highest BCUT2D eigenvalue weighted by molar-refractivity contribution is 5.96. The number of fused-ring (bicyclic) bond motifs is 1. The number of benzene rings is 1. The molecule has 1 aliphatic rings. The summed E-state index contributed by atoms with van der Waals surface area (Å²) in [6.45, 7) is 0. The Hall–Kier alpha value is -2.36. The number of anilines is 1. The minimum Gasteiger partial charge on any atom is -0.478 e. The van der Waals surface area contributed by atoms with Crippen LogP contribution in [0.1, 0.15) is 17.5 Å². The maximum atomic E-state index is 11.6. The Kier molecular flexibility index (Phi) is 3.80. The second kappa shape index (κ2) is 5.52. The van der Waals surface area contributed by atoms with Gasteiger partial charge < -0.3 is 10.0 Å². The van der Waals surface area contributed by atoms with E-state index in [4.69, 9.17) is 5.11 Å². The molecule has 0 aliphatic carbocycles. The number of aryl methyl sites for hydroxylation is 1. The first kappa shape index (κ1) is 13.1. The Balaban J connectivity index is 2.18. The summed E-state index contributed by atoms with van der Waals surface area (Å²) in [5.41, 5.74) is 3.09. The van der Waals surface area contributed by atoms with Crippen LogP contribution in [0.4, 0.5) is 5.69 Å². The van der Waals surface area contributed by atoms with Gasteiger partial charge in [-0.15, -0.1) is 0 Å². The molecule has 19 heavy (non-hydrogen) atoms. The van der Waals surface area contributed by atoms with Crippen molar-refractivity contribution in [2.24, 2.45) is 0 Å². The number of allylic oxidation sites excluding steroid dienone is 2. The molecule has 4 nitrogen and oxygen atoms in total. The van der Waals surface area contributed by atoms with E-state index in [-0.39, 0.29) is 5.91 Å². The first-order valence-corrected chi connectivity index (χ1v) is 6.05. The van der Waals surface area contributed by atoms with Gasteiger partial charge in [-0.05, 0) is 29.7 Å². The van der Waals surface area contributed by atoms with Crippen molar-refractivity contribution in [3.8, 4) is 0 Å². The lowest BCUT2D eigenvalue weighted by Gasteiger charge is -2.25. The molecule has 1 heterocycles. The molecule has 0 spiro atoms. The fourth-order valence-electron chi connectivity index (χ4n) is 2.08. The van der Waals surface area contributed by atoms with E-state index in [0.29, 0.717) is 6.42 Å². The molecular formula is C15H15NO3. The van der Waals surface area contributed by atoms with Crippen molar-refractivity contribution in [1.82, 2.24) is 0 Å². The number of carbonyl (C=O) groups is 2. The highest BCUT2D eigenvalue weighted by Gasteiger charge is 2.20. The minimum absolute atomic E-state index is 0.139. The fraction of sp³-hybridized carbons (Fsp3) is 0.200. The van der Waals surface area contributed by atoms with Gasteiger partial charge in [-0.1, -0.05) is 24.3 Å². The molecule has 0 radical (unpaired) electrons. The normalized spacial score (nSPS) is 15.2. The zero-order valence-electron chi connectivity index (χ0n) is 10.7. The van der Waals surface area contributed by atoms with Crippen LogP contribution < -0.4 is 4.90 Å². The lowest BCUT2D eigenvalue weighted by atomic mass is 9.99. The molecule has 0 saturated carbocycles. The summed E-state index contributed by atoms with van der Waals surface area (Å²) >= 11 is 0. The van der Waals surface area contributed by atoms with Gasteiger partial charge in [0.25, 0.3) is 0 Å². The van der Waals surface area contributed by atoms with Gasteiger partial charge in [0.1, 0.15) is 0 Å². The standard InChI is InChI=1S/C15H15NO3/c1-16-13-8-6-11(4-2-3-5-15(18)19)10-12(13)7-9-14(16)17/h2-6,8,10H,7,9H2,1H3,(H,18,19)/b4-2+,5-3+. The molecule has 1 aromatic carbocycles. The van der Waals surface area contributed by atoms with E-state index in [1.807, 2.05) is 24.3 Å². The van der Waals surface area contributed by atoms with Crippen LogP contribution in [0.2, 0.25) is 0 Å². The molecule has 0 fully saturated rings. The molecular weight excluding hydrogens is 242 g/mol. The summed E-state index contributed by atoms with van der Waals surface area (Å²) in [5, 5.41) is 8.46. The molecule has 1 amide bonds. The van der Waals surface area contributed by atoms with Crippen molar-refractivity contribution in [3.63, 3.8) is 0 Å². The summed E-state index contributed by atoms with van der Waals surface area (Å²) < 4.78 is 0. The molecule has 98 valence electrons. The summed E-state index contributed by atoms with van der Waals surface area (Å²) in [6, 6.07) is 5.87. The van der Waals surface area contributed by atoms with Gasteiger partial charge in [0.05, 0.1) is 0 Å². The van der Waals surface area contributed by atoms with Crippen LogP contribution in [-0.4, -0.2) is 24.0 Å². The van der Waals surface area contributed by atoms with Crippen molar-refractivity contribution in [2.45, 2.75) is 12.8 Å². The minimum atomic E-state index is -0.963. The smallest absolute Gasteiger partial charge is 0.328 e. The molecule has 0 saturated heterocycles. The van der Waals surface area contributed by atoms with Crippen LogP contribution in [0.3, 0.4) is 0 Å². The second-order valence-electron chi connectivity index (χ2n) is 4.40. The number of hydrogen-bond acceptors (Lipinski definition) is 2. The number of carbonyl (C=O) groups excluding carboxylic acids is 1. The Labute approximate surface area is 111 Å². The van der Waals surface area contributed by atoms with Crippen molar-refractivity contribution >= 4 is 23.6 Å². The summed E-state index contributed by atoms with van der Waals surface area (Å²) in [6.07, 6.45) is 7.39. The van der Waals surface area contributed by atoms with Crippen molar-refractivity contribution in [3.05, 3.63) is 47.6 Å². The number of aliphatic carboxylic acids is 1. The third-order valence-electron chi connectivity index (χ3n) is 3.09. The molecule has 1 aromatic rings. The monoisotopic (exact) mass is 257 g/mol. The molecule has 4 heteroatoms. The lowest BCUT2D eigenvalue weighted by Crippen LogP contribution is -2.30. The molecule has 0 unspecified atom stereocenters. The maximum Gasteiger partial charge on any atom is 0.328 e. The van der Waals surface area contributed by atoms with E-state index in [2.05, 4.69) is 0 Å². The molecule has 2 rings (SSSR count). The average Bonchev–Trinajstić information content (AvgIpc) is 2.39.